The highest BCUT2D eigenvalue weighted by atomic mass is 15.3. The number of hydrogen-bond donors (Lipinski definition) is 1. The van der Waals surface area contributed by atoms with E-state index in [1.165, 1.54) is 19.3 Å². The second-order valence-electron chi connectivity index (χ2n) is 6.15. The average molecular weight is 277 g/mol. The molecule has 0 aliphatic heterocycles. The van der Waals surface area contributed by atoms with Gasteiger partial charge in [0.2, 0.25) is 0 Å². The van der Waals surface area contributed by atoms with Gasteiger partial charge in [-0.05, 0) is 39.8 Å². The minimum absolute atomic E-state index is 0.291. The molecule has 0 atom stereocenters. The first kappa shape index (κ1) is 15.0. The Morgan fingerprint density at radius 3 is 2.45 bits per heavy atom. The summed E-state index contributed by atoms with van der Waals surface area (Å²) in [6, 6.07) is 1.88. The zero-order valence-electron chi connectivity index (χ0n) is 13.2. The van der Waals surface area contributed by atoms with Crippen molar-refractivity contribution < 1.29 is 0 Å². The van der Waals surface area contributed by atoms with Crippen LogP contribution >= 0.6 is 0 Å². The van der Waals surface area contributed by atoms with Crippen LogP contribution in [0.25, 0.3) is 0 Å². The minimum Gasteiger partial charge on any atom is -0.384 e. The van der Waals surface area contributed by atoms with Crippen molar-refractivity contribution in [2.24, 2.45) is 0 Å². The third-order valence-electron chi connectivity index (χ3n) is 4.41. The molecule has 0 unspecified atom stereocenters. The molecule has 0 aromatic carbocycles. The molecule has 0 radical (unpaired) electrons. The predicted octanol–water partition coefficient (Wildman–Crippen LogP) is 1.93. The van der Waals surface area contributed by atoms with Crippen LogP contribution in [-0.2, 0) is 6.42 Å². The highest BCUT2D eigenvalue weighted by Crippen LogP contribution is 2.37. The van der Waals surface area contributed by atoms with Crippen molar-refractivity contribution in [3.05, 3.63) is 11.9 Å². The second kappa shape index (κ2) is 5.95. The molecule has 2 rings (SSSR count). The van der Waals surface area contributed by atoms with Gasteiger partial charge < -0.3 is 15.5 Å². The molecule has 1 fully saturated rings. The zero-order valence-corrected chi connectivity index (χ0v) is 13.2. The lowest BCUT2D eigenvalue weighted by Gasteiger charge is -2.49. The first-order chi connectivity index (χ1) is 9.47. The van der Waals surface area contributed by atoms with Crippen LogP contribution in [0.15, 0.2) is 6.07 Å². The van der Waals surface area contributed by atoms with Crippen molar-refractivity contribution in [3.63, 3.8) is 0 Å². The van der Waals surface area contributed by atoms with Gasteiger partial charge in [-0.15, -0.1) is 0 Å². The van der Waals surface area contributed by atoms with Gasteiger partial charge in [0.05, 0.1) is 0 Å². The number of nitrogen functional groups attached to an aromatic ring is 1. The summed E-state index contributed by atoms with van der Waals surface area (Å²) in [6.07, 6.45) is 5.75. The highest BCUT2D eigenvalue weighted by Gasteiger charge is 2.40. The number of aryl methyl sites for hydroxylation is 1. The summed E-state index contributed by atoms with van der Waals surface area (Å²) < 4.78 is 0. The molecule has 5 heteroatoms. The fourth-order valence-electron chi connectivity index (χ4n) is 2.89. The van der Waals surface area contributed by atoms with Gasteiger partial charge in [0, 0.05) is 31.6 Å². The lowest BCUT2D eigenvalue weighted by Crippen LogP contribution is -2.56. The van der Waals surface area contributed by atoms with Crippen LogP contribution in [0.2, 0.25) is 0 Å². The van der Waals surface area contributed by atoms with Gasteiger partial charge in [-0.2, -0.15) is 0 Å². The van der Waals surface area contributed by atoms with Crippen LogP contribution in [0, 0.1) is 0 Å². The monoisotopic (exact) mass is 277 g/mol. The maximum absolute atomic E-state index is 5.91. The lowest BCUT2D eigenvalue weighted by atomic mass is 9.75. The first-order valence-corrected chi connectivity index (χ1v) is 7.49. The Morgan fingerprint density at radius 2 is 1.95 bits per heavy atom. The average Bonchev–Trinajstić information content (AvgIpc) is 2.32. The standard InChI is InChI=1S/C15H27N5/c1-5-7-13-17-12(16)10-14(18-13)20(4)11-15(19(2)3)8-6-9-15/h10H,5-9,11H2,1-4H3,(H2,16,17,18). The molecule has 1 saturated carbocycles. The SMILES string of the molecule is CCCc1nc(N)cc(N(C)CC2(N(C)C)CCC2)n1. The molecule has 5 nitrogen and oxygen atoms in total. The van der Waals surface area contributed by atoms with Crippen LogP contribution in [0.1, 0.15) is 38.4 Å². The normalized spacial score (nSPS) is 17.1. The molecule has 1 aromatic rings. The maximum atomic E-state index is 5.91. The summed E-state index contributed by atoms with van der Waals surface area (Å²) in [5.41, 5.74) is 6.20. The van der Waals surface area contributed by atoms with Crippen molar-refractivity contribution in [3.8, 4) is 0 Å². The van der Waals surface area contributed by atoms with Gasteiger partial charge in [0.1, 0.15) is 17.5 Å². The number of anilines is 2. The Morgan fingerprint density at radius 1 is 1.25 bits per heavy atom. The molecule has 0 amide bonds. The zero-order chi connectivity index (χ0) is 14.8. The highest BCUT2D eigenvalue weighted by molar-refractivity contribution is 5.47. The fraction of sp³-hybridized carbons (Fsp3) is 0.733. The van der Waals surface area contributed by atoms with Gasteiger partial charge >= 0.3 is 0 Å². The minimum atomic E-state index is 0.291. The quantitative estimate of drug-likeness (QED) is 0.861. The van der Waals surface area contributed by atoms with Gasteiger partial charge in [-0.1, -0.05) is 6.92 Å². The number of rotatable bonds is 6. The molecule has 1 aliphatic carbocycles. The van der Waals surface area contributed by atoms with Gasteiger partial charge in [-0.3, -0.25) is 0 Å². The Hall–Kier alpha value is -1.36. The Bertz CT molecular complexity index is 454. The Balaban J connectivity index is 2.14. The van der Waals surface area contributed by atoms with Crippen LogP contribution in [0.5, 0.6) is 0 Å². The number of hydrogen-bond acceptors (Lipinski definition) is 5. The number of likely N-dealkylation sites (N-methyl/N-ethyl adjacent to an activating group) is 2. The lowest BCUT2D eigenvalue weighted by molar-refractivity contribution is 0.0681. The molecule has 1 aliphatic rings. The topological polar surface area (TPSA) is 58.3 Å². The molecule has 20 heavy (non-hydrogen) atoms. The summed E-state index contributed by atoms with van der Waals surface area (Å²) in [7, 11) is 6.44. The van der Waals surface area contributed by atoms with E-state index in [1.807, 2.05) is 6.07 Å². The van der Waals surface area contributed by atoms with Crippen LogP contribution in [0.3, 0.4) is 0 Å². The van der Waals surface area contributed by atoms with E-state index in [0.29, 0.717) is 11.4 Å². The fourth-order valence-corrected chi connectivity index (χ4v) is 2.89. The summed E-state index contributed by atoms with van der Waals surface area (Å²) in [5.74, 6) is 2.36. The van der Waals surface area contributed by atoms with E-state index in [1.54, 1.807) is 0 Å². The van der Waals surface area contributed by atoms with Crippen molar-refractivity contribution in [2.75, 3.05) is 38.3 Å². The van der Waals surface area contributed by atoms with Crippen LogP contribution in [-0.4, -0.2) is 48.1 Å². The van der Waals surface area contributed by atoms with E-state index in [2.05, 4.69) is 47.8 Å². The number of nitrogens with zero attached hydrogens (tertiary/aromatic N) is 4. The molecule has 2 N–H and O–H groups in total. The van der Waals surface area contributed by atoms with Crippen molar-refractivity contribution in [1.82, 2.24) is 14.9 Å². The predicted molar refractivity (Wildman–Crippen MR) is 84.0 cm³/mol. The third-order valence-corrected chi connectivity index (χ3v) is 4.41. The molecule has 0 saturated heterocycles. The van der Waals surface area contributed by atoms with Gasteiger partial charge in [0.25, 0.3) is 0 Å². The van der Waals surface area contributed by atoms with E-state index in [0.717, 1.165) is 31.0 Å². The van der Waals surface area contributed by atoms with E-state index in [9.17, 15) is 0 Å². The van der Waals surface area contributed by atoms with Crippen LogP contribution < -0.4 is 10.6 Å². The van der Waals surface area contributed by atoms with Crippen molar-refractivity contribution in [2.45, 2.75) is 44.6 Å². The van der Waals surface area contributed by atoms with E-state index in [4.69, 9.17) is 5.73 Å². The third kappa shape index (κ3) is 3.03. The largest absolute Gasteiger partial charge is 0.384 e. The molecule has 1 heterocycles. The number of nitrogens with two attached hydrogens (primary N) is 1. The maximum Gasteiger partial charge on any atom is 0.134 e. The first-order valence-electron chi connectivity index (χ1n) is 7.49. The molecular formula is C15H27N5. The summed E-state index contributed by atoms with van der Waals surface area (Å²) in [5, 5.41) is 0. The molecular weight excluding hydrogens is 250 g/mol. The second-order valence-corrected chi connectivity index (χ2v) is 6.15. The van der Waals surface area contributed by atoms with E-state index in [-0.39, 0.29) is 0 Å². The molecule has 112 valence electrons. The summed E-state index contributed by atoms with van der Waals surface area (Å²) in [4.78, 5) is 13.5. The van der Waals surface area contributed by atoms with Crippen molar-refractivity contribution >= 4 is 11.6 Å². The Kier molecular flexibility index (Phi) is 4.48. The molecule has 0 spiro atoms. The van der Waals surface area contributed by atoms with Gasteiger partial charge in [0.15, 0.2) is 0 Å². The van der Waals surface area contributed by atoms with E-state index >= 15 is 0 Å². The van der Waals surface area contributed by atoms with Crippen LogP contribution in [0.4, 0.5) is 11.6 Å². The summed E-state index contributed by atoms with van der Waals surface area (Å²) in [6.45, 7) is 3.12. The molecule has 1 aromatic heterocycles. The van der Waals surface area contributed by atoms with Crippen molar-refractivity contribution in [1.29, 1.82) is 0 Å². The smallest absolute Gasteiger partial charge is 0.134 e. The number of aromatic nitrogens is 2. The van der Waals surface area contributed by atoms with Gasteiger partial charge in [-0.25, -0.2) is 9.97 Å². The Labute approximate surface area is 122 Å². The van der Waals surface area contributed by atoms with E-state index < -0.39 is 0 Å². The summed E-state index contributed by atoms with van der Waals surface area (Å²) >= 11 is 0. The molecule has 0 bridgehead atoms.